The molecule has 0 fully saturated rings. The molecule has 2 rings (SSSR count). The van der Waals surface area contributed by atoms with Crippen LogP contribution in [0.2, 0.25) is 0 Å². The molecule has 3 heteroatoms. The molecule has 0 aliphatic rings. The maximum Gasteiger partial charge on any atom is 0.161 e. The number of aliphatic hydroxyl groups excluding tert-OH is 1. The Balaban J connectivity index is 2.08. The van der Waals surface area contributed by atoms with E-state index in [1.807, 2.05) is 36.4 Å². The van der Waals surface area contributed by atoms with Crippen LogP contribution in [-0.4, -0.2) is 16.3 Å². The first-order valence-corrected chi connectivity index (χ1v) is 6.32. The highest BCUT2D eigenvalue weighted by atomic mass is 16.5. The summed E-state index contributed by atoms with van der Waals surface area (Å²) in [6.07, 6.45) is -0.0794. The maximum absolute atomic E-state index is 10.1. The third kappa shape index (κ3) is 3.73. The van der Waals surface area contributed by atoms with Gasteiger partial charge in [-0.3, -0.25) is 0 Å². The molecule has 0 bridgehead atoms. The summed E-state index contributed by atoms with van der Waals surface area (Å²) in [5, 5.41) is 19.5. The van der Waals surface area contributed by atoms with Crippen molar-refractivity contribution in [3.63, 3.8) is 0 Å². The van der Waals surface area contributed by atoms with Crippen LogP contribution in [0.5, 0.6) is 11.5 Å². The minimum absolute atomic E-state index is 0.110. The van der Waals surface area contributed by atoms with Gasteiger partial charge < -0.3 is 14.9 Å². The number of hydrogen-bond donors (Lipinski definition) is 2. The maximum atomic E-state index is 10.1. The Bertz CT molecular complexity index is 521. The highest BCUT2D eigenvalue weighted by Gasteiger charge is 2.10. The Hall–Kier alpha value is -2.00. The number of phenols is 1. The summed E-state index contributed by atoms with van der Waals surface area (Å²) in [4.78, 5) is 0. The molecule has 0 heterocycles. The Morgan fingerprint density at radius 1 is 1.05 bits per heavy atom. The standard InChI is InChI=1S/C16H18O3/c1-12(17)10-14-8-5-9-15(16(14)18)19-11-13-6-3-2-4-7-13/h2-9,12,17-18H,10-11H2,1H3. The molecule has 2 aromatic rings. The van der Waals surface area contributed by atoms with Crippen molar-refractivity contribution < 1.29 is 14.9 Å². The van der Waals surface area contributed by atoms with Crippen LogP contribution in [0.1, 0.15) is 18.1 Å². The van der Waals surface area contributed by atoms with Gasteiger partial charge in [-0.2, -0.15) is 0 Å². The summed E-state index contributed by atoms with van der Waals surface area (Å²) < 4.78 is 5.61. The van der Waals surface area contributed by atoms with Gasteiger partial charge in [0.25, 0.3) is 0 Å². The van der Waals surface area contributed by atoms with E-state index in [0.29, 0.717) is 24.3 Å². The Labute approximate surface area is 113 Å². The van der Waals surface area contributed by atoms with E-state index in [2.05, 4.69) is 0 Å². The fourth-order valence-electron chi connectivity index (χ4n) is 1.90. The van der Waals surface area contributed by atoms with E-state index >= 15 is 0 Å². The van der Waals surface area contributed by atoms with Gasteiger partial charge in [-0.25, -0.2) is 0 Å². The normalized spacial score (nSPS) is 12.1. The van der Waals surface area contributed by atoms with Gasteiger partial charge in [0, 0.05) is 12.0 Å². The Kier molecular flexibility index (Phi) is 4.42. The molecular formula is C16H18O3. The average molecular weight is 258 g/mol. The van der Waals surface area contributed by atoms with Crippen molar-refractivity contribution in [2.45, 2.75) is 26.1 Å². The quantitative estimate of drug-likeness (QED) is 0.867. The molecule has 1 atom stereocenters. The molecule has 0 amide bonds. The summed E-state index contributed by atoms with van der Waals surface area (Å²) in [7, 11) is 0. The van der Waals surface area contributed by atoms with Crippen molar-refractivity contribution in [2.24, 2.45) is 0 Å². The molecule has 3 nitrogen and oxygen atoms in total. The van der Waals surface area contributed by atoms with Crippen molar-refractivity contribution in [1.82, 2.24) is 0 Å². The molecule has 0 saturated carbocycles. The third-order valence-electron chi connectivity index (χ3n) is 2.84. The lowest BCUT2D eigenvalue weighted by molar-refractivity contribution is 0.193. The van der Waals surface area contributed by atoms with Crippen molar-refractivity contribution in [1.29, 1.82) is 0 Å². The number of para-hydroxylation sites is 1. The molecule has 1 unspecified atom stereocenters. The Morgan fingerprint density at radius 3 is 2.47 bits per heavy atom. The zero-order valence-corrected chi connectivity index (χ0v) is 10.9. The van der Waals surface area contributed by atoms with Crippen molar-refractivity contribution in [2.75, 3.05) is 0 Å². The van der Waals surface area contributed by atoms with Crippen molar-refractivity contribution in [3.05, 3.63) is 59.7 Å². The molecular weight excluding hydrogens is 240 g/mol. The molecule has 0 aliphatic heterocycles. The molecule has 2 aromatic carbocycles. The molecule has 0 aromatic heterocycles. The smallest absolute Gasteiger partial charge is 0.161 e. The lowest BCUT2D eigenvalue weighted by Gasteiger charge is -2.12. The second-order valence-corrected chi connectivity index (χ2v) is 4.59. The molecule has 100 valence electrons. The first-order chi connectivity index (χ1) is 9.16. The molecule has 2 N–H and O–H groups in total. The predicted octanol–water partition coefficient (Wildman–Crippen LogP) is 2.89. The summed E-state index contributed by atoms with van der Waals surface area (Å²) >= 11 is 0. The van der Waals surface area contributed by atoms with Crippen LogP contribution in [0.4, 0.5) is 0 Å². The first kappa shape index (κ1) is 13.4. The SMILES string of the molecule is CC(O)Cc1cccc(OCc2ccccc2)c1O. The van der Waals surface area contributed by atoms with Gasteiger partial charge in [0.15, 0.2) is 11.5 Å². The number of hydrogen-bond acceptors (Lipinski definition) is 3. The lowest BCUT2D eigenvalue weighted by atomic mass is 10.1. The van der Waals surface area contributed by atoms with E-state index in [9.17, 15) is 10.2 Å². The van der Waals surface area contributed by atoms with Gasteiger partial charge in [-0.1, -0.05) is 42.5 Å². The highest BCUT2D eigenvalue weighted by molar-refractivity contribution is 5.45. The van der Waals surface area contributed by atoms with Crippen molar-refractivity contribution >= 4 is 0 Å². The van der Waals surface area contributed by atoms with E-state index in [-0.39, 0.29) is 5.75 Å². The number of rotatable bonds is 5. The van der Waals surface area contributed by atoms with Gasteiger partial charge in [0.1, 0.15) is 6.61 Å². The fourth-order valence-corrected chi connectivity index (χ4v) is 1.90. The number of ether oxygens (including phenoxy) is 1. The van der Waals surface area contributed by atoms with Crippen LogP contribution in [0, 0.1) is 0 Å². The van der Waals surface area contributed by atoms with Crippen LogP contribution < -0.4 is 4.74 Å². The second kappa shape index (κ2) is 6.25. The predicted molar refractivity (Wildman–Crippen MR) is 74.3 cm³/mol. The Morgan fingerprint density at radius 2 is 1.79 bits per heavy atom. The van der Waals surface area contributed by atoms with Crippen LogP contribution >= 0.6 is 0 Å². The zero-order valence-electron chi connectivity index (χ0n) is 10.9. The third-order valence-corrected chi connectivity index (χ3v) is 2.84. The molecule has 0 saturated heterocycles. The second-order valence-electron chi connectivity index (χ2n) is 4.59. The van der Waals surface area contributed by atoms with Crippen LogP contribution in [-0.2, 0) is 13.0 Å². The zero-order chi connectivity index (χ0) is 13.7. The van der Waals surface area contributed by atoms with E-state index in [1.165, 1.54) is 0 Å². The van der Waals surface area contributed by atoms with E-state index < -0.39 is 6.10 Å². The lowest BCUT2D eigenvalue weighted by Crippen LogP contribution is -2.05. The molecule has 0 radical (unpaired) electrons. The van der Waals surface area contributed by atoms with Gasteiger partial charge in [-0.15, -0.1) is 0 Å². The van der Waals surface area contributed by atoms with Crippen molar-refractivity contribution in [3.8, 4) is 11.5 Å². The van der Waals surface area contributed by atoms with Gasteiger partial charge >= 0.3 is 0 Å². The summed E-state index contributed by atoms with van der Waals surface area (Å²) in [5.74, 6) is 0.557. The average Bonchev–Trinajstić information content (AvgIpc) is 2.40. The van der Waals surface area contributed by atoms with E-state index in [0.717, 1.165) is 5.56 Å². The number of aliphatic hydroxyl groups is 1. The van der Waals surface area contributed by atoms with Crippen LogP contribution in [0.15, 0.2) is 48.5 Å². The van der Waals surface area contributed by atoms with Crippen LogP contribution in [0.3, 0.4) is 0 Å². The molecule has 19 heavy (non-hydrogen) atoms. The molecule has 0 aliphatic carbocycles. The fraction of sp³-hybridized carbons (Fsp3) is 0.250. The largest absolute Gasteiger partial charge is 0.504 e. The van der Waals surface area contributed by atoms with Crippen LogP contribution in [0.25, 0.3) is 0 Å². The topological polar surface area (TPSA) is 49.7 Å². The summed E-state index contributed by atoms with van der Waals surface area (Å²) in [6.45, 7) is 2.10. The monoisotopic (exact) mass is 258 g/mol. The molecule has 0 spiro atoms. The minimum Gasteiger partial charge on any atom is -0.504 e. The van der Waals surface area contributed by atoms with Gasteiger partial charge in [0.2, 0.25) is 0 Å². The number of benzene rings is 2. The first-order valence-electron chi connectivity index (χ1n) is 6.32. The highest BCUT2D eigenvalue weighted by Crippen LogP contribution is 2.31. The minimum atomic E-state index is -0.490. The van der Waals surface area contributed by atoms with Gasteiger partial charge in [0.05, 0.1) is 6.10 Å². The van der Waals surface area contributed by atoms with E-state index in [1.54, 1.807) is 19.1 Å². The number of aromatic hydroxyl groups is 1. The van der Waals surface area contributed by atoms with Gasteiger partial charge in [-0.05, 0) is 18.6 Å². The summed E-state index contributed by atoms with van der Waals surface area (Å²) in [5.41, 5.74) is 1.74. The number of phenolic OH excluding ortho intramolecular Hbond substituents is 1. The summed E-state index contributed by atoms with van der Waals surface area (Å²) in [6, 6.07) is 15.1. The van der Waals surface area contributed by atoms with E-state index in [4.69, 9.17) is 4.74 Å².